The number of benzene rings is 1. The van der Waals surface area contributed by atoms with E-state index in [1.54, 1.807) is 0 Å². The van der Waals surface area contributed by atoms with Crippen molar-refractivity contribution in [3.05, 3.63) is 36.0 Å². The molecule has 1 N–H and O–H groups in total. The highest BCUT2D eigenvalue weighted by atomic mass is 16.2. The molecule has 0 saturated heterocycles. The third kappa shape index (κ3) is 3.43. The van der Waals surface area contributed by atoms with Crippen molar-refractivity contribution < 1.29 is 9.59 Å². The molecular formula is C20H24N4O2. The third-order valence-corrected chi connectivity index (χ3v) is 5.31. The predicted molar refractivity (Wildman–Crippen MR) is 99.1 cm³/mol. The smallest absolute Gasteiger partial charge is 0.268 e. The number of hydrogen-bond donors (Lipinski definition) is 1. The monoisotopic (exact) mass is 352 g/mol. The molecule has 0 aliphatic heterocycles. The molecule has 26 heavy (non-hydrogen) atoms. The third-order valence-electron chi connectivity index (χ3n) is 5.31. The van der Waals surface area contributed by atoms with E-state index in [-0.39, 0.29) is 23.8 Å². The largest absolute Gasteiger partial charge is 0.347 e. The molecule has 3 rings (SSSR count). The van der Waals surface area contributed by atoms with E-state index in [4.69, 9.17) is 5.26 Å². The zero-order valence-electron chi connectivity index (χ0n) is 15.2. The van der Waals surface area contributed by atoms with Gasteiger partial charge in [-0.15, -0.1) is 0 Å². The molecule has 2 amide bonds. The van der Waals surface area contributed by atoms with Crippen molar-refractivity contribution in [2.45, 2.75) is 38.1 Å². The molecule has 1 heterocycles. The van der Waals surface area contributed by atoms with Gasteiger partial charge in [-0.25, -0.2) is 0 Å². The van der Waals surface area contributed by atoms with Crippen LogP contribution in [0.25, 0.3) is 10.9 Å². The number of nitriles is 1. The van der Waals surface area contributed by atoms with Crippen molar-refractivity contribution in [3.63, 3.8) is 0 Å². The summed E-state index contributed by atoms with van der Waals surface area (Å²) < 4.78 is 1.87. The molecular weight excluding hydrogens is 328 g/mol. The van der Waals surface area contributed by atoms with Crippen LogP contribution in [0.5, 0.6) is 0 Å². The van der Waals surface area contributed by atoms with Crippen LogP contribution < -0.4 is 5.32 Å². The van der Waals surface area contributed by atoms with E-state index >= 15 is 0 Å². The first-order chi connectivity index (χ1) is 12.5. The minimum Gasteiger partial charge on any atom is -0.347 e. The van der Waals surface area contributed by atoms with Gasteiger partial charge in [0, 0.05) is 31.0 Å². The lowest BCUT2D eigenvalue weighted by Gasteiger charge is -2.26. The second-order valence-electron chi connectivity index (χ2n) is 6.97. The summed E-state index contributed by atoms with van der Waals surface area (Å²) >= 11 is 0. The topological polar surface area (TPSA) is 78.1 Å². The van der Waals surface area contributed by atoms with Crippen LogP contribution in [-0.4, -0.2) is 34.4 Å². The number of rotatable bonds is 3. The number of para-hydroxylation sites is 1. The average Bonchev–Trinajstić information content (AvgIpc) is 2.83. The molecule has 0 unspecified atom stereocenters. The quantitative estimate of drug-likeness (QED) is 0.524. The van der Waals surface area contributed by atoms with Crippen molar-refractivity contribution in [1.82, 2.24) is 14.8 Å². The van der Waals surface area contributed by atoms with Crippen LogP contribution in [0.1, 0.15) is 42.6 Å². The summed E-state index contributed by atoms with van der Waals surface area (Å²) in [7, 11) is 3.35. The van der Waals surface area contributed by atoms with Crippen molar-refractivity contribution >= 4 is 22.7 Å². The van der Waals surface area contributed by atoms with Crippen LogP contribution in [0.4, 0.5) is 0 Å². The van der Waals surface area contributed by atoms with Crippen LogP contribution in [0, 0.1) is 17.4 Å². The molecule has 0 bridgehead atoms. The number of carbonyl (C=O) groups is 2. The molecule has 2 atom stereocenters. The molecule has 2 aromatic rings. The fourth-order valence-electron chi connectivity index (χ4n) is 3.82. The Morgan fingerprint density at radius 2 is 1.96 bits per heavy atom. The second-order valence-corrected chi connectivity index (χ2v) is 6.97. The van der Waals surface area contributed by atoms with Gasteiger partial charge in [0.1, 0.15) is 5.69 Å². The summed E-state index contributed by atoms with van der Waals surface area (Å²) in [4.78, 5) is 26.5. The Kier molecular flexibility index (Phi) is 5.27. The fourth-order valence-corrected chi connectivity index (χ4v) is 3.82. The number of aromatic nitrogens is 1. The SMILES string of the molecule is CN(C#N)C(=O)[C@@H]1CCCCC[C@@H]1NC(=O)c1cc2ccccc2n1C. The van der Waals surface area contributed by atoms with Crippen LogP contribution in [0.15, 0.2) is 30.3 Å². The Labute approximate surface area is 153 Å². The summed E-state index contributed by atoms with van der Waals surface area (Å²) in [5.41, 5.74) is 1.57. The van der Waals surface area contributed by atoms with Crippen LogP contribution in [0.3, 0.4) is 0 Å². The van der Waals surface area contributed by atoms with Gasteiger partial charge in [-0.3, -0.25) is 14.5 Å². The maximum absolute atomic E-state index is 12.9. The summed E-state index contributed by atoms with van der Waals surface area (Å²) in [6, 6.07) is 9.48. The number of nitrogens with zero attached hydrogens (tertiary/aromatic N) is 3. The van der Waals surface area contributed by atoms with Gasteiger partial charge < -0.3 is 9.88 Å². The first kappa shape index (κ1) is 18.0. The van der Waals surface area contributed by atoms with E-state index in [0.29, 0.717) is 12.1 Å². The Balaban J connectivity index is 1.84. The van der Waals surface area contributed by atoms with Gasteiger partial charge in [0.25, 0.3) is 5.91 Å². The highest BCUT2D eigenvalue weighted by molar-refractivity contribution is 5.99. The Hall–Kier alpha value is -2.81. The van der Waals surface area contributed by atoms with E-state index in [2.05, 4.69) is 5.32 Å². The summed E-state index contributed by atoms with van der Waals surface area (Å²) in [5, 5.41) is 13.1. The maximum atomic E-state index is 12.9. The predicted octanol–water partition coefficient (Wildman–Crippen LogP) is 2.80. The Morgan fingerprint density at radius 3 is 2.69 bits per heavy atom. The van der Waals surface area contributed by atoms with Crippen LogP contribution >= 0.6 is 0 Å². The molecule has 1 fully saturated rings. The van der Waals surface area contributed by atoms with Gasteiger partial charge in [-0.1, -0.05) is 37.5 Å². The van der Waals surface area contributed by atoms with Crippen molar-refractivity contribution in [2.75, 3.05) is 7.05 Å². The first-order valence-corrected chi connectivity index (χ1v) is 9.05. The molecule has 1 aliphatic rings. The van der Waals surface area contributed by atoms with Gasteiger partial charge in [0.2, 0.25) is 5.91 Å². The fraction of sp³-hybridized carbons (Fsp3) is 0.450. The zero-order chi connectivity index (χ0) is 18.7. The standard InChI is InChI=1S/C20H24N4O2/c1-23(13-21)20(26)15-9-4-3-5-10-16(15)22-19(25)18-12-14-8-6-7-11-17(14)24(18)2/h6-8,11-12,15-16H,3-5,9-10H2,1-2H3,(H,22,25)/t15-,16+/m1/s1. The average molecular weight is 352 g/mol. The van der Waals surface area contributed by atoms with Crippen molar-refractivity contribution in [3.8, 4) is 6.19 Å². The summed E-state index contributed by atoms with van der Waals surface area (Å²) in [5.74, 6) is -0.731. The Morgan fingerprint density at radius 1 is 1.23 bits per heavy atom. The molecule has 1 saturated carbocycles. The molecule has 6 nitrogen and oxygen atoms in total. The first-order valence-electron chi connectivity index (χ1n) is 9.05. The van der Waals surface area contributed by atoms with Gasteiger partial charge in [0.15, 0.2) is 6.19 Å². The van der Waals surface area contributed by atoms with E-state index < -0.39 is 0 Å². The number of aryl methyl sites for hydroxylation is 1. The number of carbonyl (C=O) groups excluding carboxylic acids is 2. The van der Waals surface area contributed by atoms with E-state index in [9.17, 15) is 9.59 Å². The molecule has 1 aromatic heterocycles. The van der Waals surface area contributed by atoms with E-state index in [0.717, 1.165) is 41.5 Å². The molecule has 0 radical (unpaired) electrons. The van der Waals surface area contributed by atoms with Crippen LogP contribution in [0.2, 0.25) is 0 Å². The van der Waals surface area contributed by atoms with E-state index in [1.165, 1.54) is 7.05 Å². The summed E-state index contributed by atoms with van der Waals surface area (Å²) in [6.07, 6.45) is 6.29. The van der Waals surface area contributed by atoms with Gasteiger partial charge in [-0.05, 0) is 25.0 Å². The van der Waals surface area contributed by atoms with Crippen molar-refractivity contribution in [2.24, 2.45) is 13.0 Å². The molecule has 6 heteroatoms. The van der Waals surface area contributed by atoms with Crippen LogP contribution in [-0.2, 0) is 11.8 Å². The maximum Gasteiger partial charge on any atom is 0.268 e. The number of nitrogens with one attached hydrogen (secondary N) is 1. The van der Waals surface area contributed by atoms with E-state index in [1.807, 2.05) is 48.1 Å². The van der Waals surface area contributed by atoms with Gasteiger partial charge >= 0.3 is 0 Å². The van der Waals surface area contributed by atoms with Crippen molar-refractivity contribution in [1.29, 1.82) is 5.26 Å². The molecule has 1 aliphatic carbocycles. The number of amides is 2. The summed E-state index contributed by atoms with van der Waals surface area (Å²) in [6.45, 7) is 0. The number of fused-ring (bicyclic) bond motifs is 1. The normalized spacial score (nSPS) is 20.2. The lowest BCUT2D eigenvalue weighted by molar-refractivity contribution is -0.132. The minimum absolute atomic E-state index is 0.173. The highest BCUT2D eigenvalue weighted by Crippen LogP contribution is 2.26. The zero-order valence-corrected chi connectivity index (χ0v) is 15.2. The molecule has 136 valence electrons. The lowest BCUT2D eigenvalue weighted by atomic mass is 9.93. The molecule has 0 spiro atoms. The van der Waals surface area contributed by atoms with Gasteiger partial charge in [0.05, 0.1) is 5.92 Å². The molecule has 1 aromatic carbocycles. The number of hydrogen-bond acceptors (Lipinski definition) is 3. The lowest BCUT2D eigenvalue weighted by Crippen LogP contribution is -2.46. The van der Waals surface area contributed by atoms with Gasteiger partial charge in [-0.2, -0.15) is 5.26 Å². The minimum atomic E-state index is -0.346. The second kappa shape index (κ2) is 7.61. The highest BCUT2D eigenvalue weighted by Gasteiger charge is 2.33. The Bertz CT molecular complexity index is 864.